The van der Waals surface area contributed by atoms with Crippen molar-refractivity contribution >= 4 is 5.97 Å². The van der Waals surface area contributed by atoms with Gasteiger partial charge in [-0.15, -0.1) is 0 Å². The lowest BCUT2D eigenvalue weighted by atomic mass is 10.0. The highest BCUT2D eigenvalue weighted by Crippen LogP contribution is 2.08. The van der Waals surface area contributed by atoms with Gasteiger partial charge in [0, 0.05) is 6.04 Å². The van der Waals surface area contributed by atoms with E-state index in [0.717, 1.165) is 12.0 Å². The van der Waals surface area contributed by atoms with Gasteiger partial charge in [0.2, 0.25) is 0 Å². The van der Waals surface area contributed by atoms with Gasteiger partial charge in [-0.05, 0) is 38.1 Å². The van der Waals surface area contributed by atoms with E-state index < -0.39 is 0 Å². The molecule has 1 N–H and O–H groups in total. The molecule has 1 rings (SSSR count). The second-order valence-electron chi connectivity index (χ2n) is 3.59. The summed E-state index contributed by atoms with van der Waals surface area (Å²) in [5, 5.41) is 3.16. The number of methoxy groups -OCH3 is 1. The molecule has 0 amide bonds. The van der Waals surface area contributed by atoms with Crippen LogP contribution in [0.25, 0.3) is 0 Å². The van der Waals surface area contributed by atoms with Gasteiger partial charge in [-0.1, -0.05) is 12.1 Å². The van der Waals surface area contributed by atoms with Crippen molar-refractivity contribution in [3.8, 4) is 0 Å². The Bertz CT molecular complexity index is 336. The molecule has 0 aliphatic heterocycles. The molecule has 0 aliphatic rings. The monoisotopic (exact) mass is 207 g/mol. The zero-order chi connectivity index (χ0) is 11.3. The Labute approximate surface area is 90.4 Å². The van der Waals surface area contributed by atoms with Crippen LogP contribution in [0.1, 0.15) is 22.8 Å². The van der Waals surface area contributed by atoms with Crippen LogP contribution in [-0.2, 0) is 11.2 Å². The molecule has 1 aromatic rings. The maximum Gasteiger partial charge on any atom is 0.337 e. The lowest BCUT2D eigenvalue weighted by molar-refractivity contribution is 0.0600. The molecule has 0 bridgehead atoms. The summed E-state index contributed by atoms with van der Waals surface area (Å²) in [6.07, 6.45) is 0.904. The first kappa shape index (κ1) is 11.7. The van der Waals surface area contributed by atoms with Crippen molar-refractivity contribution in [1.82, 2.24) is 5.32 Å². The van der Waals surface area contributed by atoms with E-state index in [1.165, 1.54) is 7.11 Å². The Morgan fingerprint density at radius 2 is 2.27 bits per heavy atom. The molecule has 3 heteroatoms. The van der Waals surface area contributed by atoms with Gasteiger partial charge in [-0.2, -0.15) is 0 Å². The van der Waals surface area contributed by atoms with E-state index in [1.807, 2.05) is 25.2 Å². The summed E-state index contributed by atoms with van der Waals surface area (Å²) in [5.74, 6) is -0.283. The van der Waals surface area contributed by atoms with E-state index in [9.17, 15) is 4.79 Å². The molecule has 0 saturated heterocycles. The molecule has 1 atom stereocenters. The highest BCUT2D eigenvalue weighted by Gasteiger charge is 2.06. The molecule has 3 nitrogen and oxygen atoms in total. The molecule has 0 saturated carbocycles. The number of carbonyl (C=O) groups is 1. The van der Waals surface area contributed by atoms with Gasteiger partial charge < -0.3 is 10.1 Å². The normalized spacial score (nSPS) is 12.2. The minimum Gasteiger partial charge on any atom is -0.465 e. The van der Waals surface area contributed by atoms with Crippen molar-refractivity contribution in [3.63, 3.8) is 0 Å². The quantitative estimate of drug-likeness (QED) is 0.762. The topological polar surface area (TPSA) is 38.3 Å². The Hall–Kier alpha value is -1.35. The third-order valence-electron chi connectivity index (χ3n) is 2.38. The summed E-state index contributed by atoms with van der Waals surface area (Å²) in [5.41, 5.74) is 1.75. The number of nitrogens with one attached hydrogen (secondary N) is 1. The van der Waals surface area contributed by atoms with Crippen LogP contribution >= 0.6 is 0 Å². The van der Waals surface area contributed by atoms with Gasteiger partial charge in [0.15, 0.2) is 0 Å². The molecular formula is C12H17NO2. The largest absolute Gasteiger partial charge is 0.465 e. The number of ether oxygens (including phenoxy) is 1. The van der Waals surface area contributed by atoms with Crippen LogP contribution < -0.4 is 5.32 Å². The van der Waals surface area contributed by atoms with Gasteiger partial charge in [0.05, 0.1) is 12.7 Å². The lowest BCUT2D eigenvalue weighted by Crippen LogP contribution is -2.23. The summed E-state index contributed by atoms with van der Waals surface area (Å²) in [6.45, 7) is 2.10. The molecule has 0 aliphatic carbocycles. The number of rotatable bonds is 4. The Balaban J connectivity index is 2.78. The van der Waals surface area contributed by atoms with Gasteiger partial charge in [0.1, 0.15) is 0 Å². The average molecular weight is 207 g/mol. The van der Waals surface area contributed by atoms with Gasteiger partial charge in [0.25, 0.3) is 0 Å². The molecule has 0 unspecified atom stereocenters. The highest BCUT2D eigenvalue weighted by atomic mass is 16.5. The van der Waals surface area contributed by atoms with Crippen molar-refractivity contribution in [3.05, 3.63) is 35.4 Å². The van der Waals surface area contributed by atoms with Crippen molar-refractivity contribution in [2.75, 3.05) is 14.2 Å². The van der Waals surface area contributed by atoms with Crippen LogP contribution in [0.5, 0.6) is 0 Å². The van der Waals surface area contributed by atoms with E-state index in [1.54, 1.807) is 6.07 Å². The van der Waals surface area contributed by atoms with Gasteiger partial charge >= 0.3 is 5.97 Å². The van der Waals surface area contributed by atoms with Crippen LogP contribution in [0.3, 0.4) is 0 Å². The lowest BCUT2D eigenvalue weighted by Gasteiger charge is -2.10. The number of hydrogen-bond acceptors (Lipinski definition) is 3. The fourth-order valence-electron chi connectivity index (χ4n) is 1.40. The predicted molar refractivity (Wildman–Crippen MR) is 60.0 cm³/mol. The molecule has 0 radical (unpaired) electrons. The number of benzene rings is 1. The van der Waals surface area contributed by atoms with E-state index in [4.69, 9.17) is 0 Å². The van der Waals surface area contributed by atoms with Crippen molar-refractivity contribution in [2.45, 2.75) is 19.4 Å². The number of hydrogen-bond donors (Lipinski definition) is 1. The molecule has 1 aromatic carbocycles. The molecule has 15 heavy (non-hydrogen) atoms. The Morgan fingerprint density at radius 3 is 2.87 bits per heavy atom. The molecule has 0 aromatic heterocycles. The van der Waals surface area contributed by atoms with Crippen LogP contribution in [0.4, 0.5) is 0 Å². The zero-order valence-corrected chi connectivity index (χ0v) is 9.41. The van der Waals surface area contributed by atoms with E-state index in [0.29, 0.717) is 11.6 Å². The smallest absolute Gasteiger partial charge is 0.337 e. The van der Waals surface area contributed by atoms with Crippen molar-refractivity contribution in [1.29, 1.82) is 0 Å². The van der Waals surface area contributed by atoms with Crippen LogP contribution in [0.2, 0.25) is 0 Å². The second kappa shape index (κ2) is 5.51. The van der Waals surface area contributed by atoms with Gasteiger partial charge in [-0.25, -0.2) is 4.79 Å². The fraction of sp³-hybridized carbons (Fsp3) is 0.417. The molecule has 82 valence electrons. The molecule has 0 spiro atoms. The summed E-state index contributed by atoms with van der Waals surface area (Å²) in [7, 11) is 3.32. The maximum atomic E-state index is 11.3. The third-order valence-corrected chi connectivity index (χ3v) is 2.38. The summed E-state index contributed by atoms with van der Waals surface area (Å²) in [4.78, 5) is 11.3. The summed E-state index contributed by atoms with van der Waals surface area (Å²) < 4.78 is 4.67. The van der Waals surface area contributed by atoms with Crippen molar-refractivity contribution < 1.29 is 9.53 Å². The van der Waals surface area contributed by atoms with Crippen LogP contribution in [-0.4, -0.2) is 26.2 Å². The zero-order valence-electron chi connectivity index (χ0n) is 9.41. The third kappa shape index (κ3) is 3.36. The van der Waals surface area contributed by atoms with E-state index >= 15 is 0 Å². The molecule has 0 fully saturated rings. The molecular weight excluding hydrogens is 190 g/mol. The first-order chi connectivity index (χ1) is 7.17. The minimum atomic E-state index is -0.283. The first-order valence-corrected chi connectivity index (χ1v) is 5.02. The minimum absolute atomic E-state index is 0.283. The second-order valence-corrected chi connectivity index (χ2v) is 3.59. The number of esters is 1. The highest BCUT2D eigenvalue weighted by molar-refractivity contribution is 5.89. The summed E-state index contributed by atoms with van der Waals surface area (Å²) in [6, 6.07) is 7.93. The predicted octanol–water partition coefficient (Wildman–Crippen LogP) is 1.62. The van der Waals surface area contributed by atoms with Gasteiger partial charge in [-0.3, -0.25) is 0 Å². The van der Waals surface area contributed by atoms with Crippen LogP contribution in [0, 0.1) is 0 Å². The number of likely N-dealkylation sites (N-methyl/N-ethyl adjacent to an activating group) is 1. The summed E-state index contributed by atoms with van der Waals surface area (Å²) >= 11 is 0. The fourth-order valence-corrected chi connectivity index (χ4v) is 1.40. The van der Waals surface area contributed by atoms with Crippen LogP contribution in [0.15, 0.2) is 24.3 Å². The Kier molecular flexibility index (Phi) is 4.31. The maximum absolute atomic E-state index is 11.3. The van der Waals surface area contributed by atoms with Crippen molar-refractivity contribution in [2.24, 2.45) is 0 Å². The van der Waals surface area contributed by atoms with E-state index in [-0.39, 0.29) is 5.97 Å². The number of carbonyl (C=O) groups excluding carboxylic acids is 1. The first-order valence-electron chi connectivity index (χ1n) is 5.02. The van der Waals surface area contributed by atoms with E-state index in [2.05, 4.69) is 17.0 Å². The SMILES string of the molecule is CN[C@H](C)Cc1cccc(C(=O)OC)c1. The Morgan fingerprint density at radius 1 is 1.53 bits per heavy atom. The average Bonchev–Trinajstić information content (AvgIpc) is 2.28. The standard InChI is InChI=1S/C12H17NO2/c1-9(13-2)7-10-5-4-6-11(8-10)12(14)15-3/h4-6,8-9,13H,7H2,1-3H3/t9-/m1/s1. The molecule has 0 heterocycles.